The maximum absolute atomic E-state index is 12.5. The summed E-state index contributed by atoms with van der Waals surface area (Å²) in [6.45, 7) is 5.69. The number of fused-ring (bicyclic) bond motifs is 1. The number of aromatic hydroxyl groups is 1. The Morgan fingerprint density at radius 3 is 2.54 bits per heavy atom. The molecule has 4 rings (SSSR count). The molecule has 4 aromatic rings. The zero-order valence-electron chi connectivity index (χ0n) is 22.0. The van der Waals surface area contributed by atoms with Gasteiger partial charge in [0, 0.05) is 37.6 Å². The normalized spacial score (nSPS) is 11.4. The van der Waals surface area contributed by atoms with Crippen LogP contribution >= 0.6 is 0 Å². The Labute approximate surface area is 223 Å². The van der Waals surface area contributed by atoms with Crippen LogP contribution in [0.4, 0.5) is 27.7 Å². The van der Waals surface area contributed by atoms with E-state index in [9.17, 15) is 24.3 Å². The molecule has 0 bridgehead atoms. The van der Waals surface area contributed by atoms with Crippen molar-refractivity contribution in [2.75, 3.05) is 29.5 Å². The van der Waals surface area contributed by atoms with Crippen LogP contribution in [-0.4, -0.2) is 51.4 Å². The highest BCUT2D eigenvalue weighted by molar-refractivity contribution is 6.01. The quantitative estimate of drug-likeness (QED) is 0.202. The van der Waals surface area contributed by atoms with Crippen molar-refractivity contribution in [1.29, 1.82) is 0 Å². The average molecular weight is 535 g/mol. The number of phenols is 1. The van der Waals surface area contributed by atoms with Crippen LogP contribution in [0.2, 0.25) is 0 Å². The summed E-state index contributed by atoms with van der Waals surface area (Å²) in [6, 6.07) is 11.7. The number of amides is 2. The minimum atomic E-state index is -0.650. The van der Waals surface area contributed by atoms with Gasteiger partial charge in [0.15, 0.2) is 5.82 Å². The Hall–Kier alpha value is -4.87. The van der Waals surface area contributed by atoms with Gasteiger partial charge in [-0.15, -0.1) is 0 Å². The summed E-state index contributed by atoms with van der Waals surface area (Å²) in [7, 11) is 1.55. The topological polar surface area (TPSA) is 166 Å². The Morgan fingerprint density at radius 1 is 1.08 bits per heavy atom. The van der Waals surface area contributed by atoms with Crippen molar-refractivity contribution in [2.45, 2.75) is 39.3 Å². The Kier molecular flexibility index (Phi) is 7.56. The van der Waals surface area contributed by atoms with Crippen molar-refractivity contribution < 1.29 is 19.4 Å². The molecule has 12 heteroatoms. The molecule has 0 saturated heterocycles. The first kappa shape index (κ1) is 27.2. The van der Waals surface area contributed by atoms with Gasteiger partial charge in [-0.1, -0.05) is 12.1 Å². The number of aromatic nitrogens is 2. The SMILES string of the molecule is CN(CCC(=O)Nc1n[nH]c2ccc(Nc3c(NCc4cccc(O)c4)c(=O)c3=O)cc12)C(=O)OC(C)(C)C. The fourth-order valence-corrected chi connectivity index (χ4v) is 3.76. The maximum atomic E-state index is 12.5. The lowest BCUT2D eigenvalue weighted by molar-refractivity contribution is -0.116. The number of phenolic OH excluding ortho intramolecular Hbond substituents is 1. The molecule has 0 aliphatic rings. The summed E-state index contributed by atoms with van der Waals surface area (Å²) in [5.74, 6) is 0.0351. The van der Waals surface area contributed by atoms with Gasteiger partial charge in [0.05, 0.1) is 5.52 Å². The lowest BCUT2D eigenvalue weighted by Crippen LogP contribution is -2.36. The molecule has 39 heavy (non-hydrogen) atoms. The van der Waals surface area contributed by atoms with Crippen LogP contribution in [0.15, 0.2) is 52.1 Å². The lowest BCUT2D eigenvalue weighted by atomic mass is 10.1. The van der Waals surface area contributed by atoms with Gasteiger partial charge in [0.1, 0.15) is 22.7 Å². The van der Waals surface area contributed by atoms with Crippen LogP contribution in [0.3, 0.4) is 0 Å². The molecule has 0 radical (unpaired) electrons. The number of carbonyl (C=O) groups excluding carboxylic acids is 2. The second kappa shape index (κ2) is 10.9. The third-order valence-electron chi connectivity index (χ3n) is 5.76. The minimum absolute atomic E-state index is 0.0275. The number of H-pyrrole nitrogens is 1. The molecular formula is C27H30N6O6. The highest BCUT2D eigenvalue weighted by atomic mass is 16.6. The molecule has 1 heterocycles. The number of aromatic amines is 1. The van der Waals surface area contributed by atoms with E-state index >= 15 is 0 Å². The number of nitrogens with one attached hydrogen (secondary N) is 4. The first-order valence-electron chi connectivity index (χ1n) is 12.3. The van der Waals surface area contributed by atoms with Crippen LogP contribution < -0.4 is 26.8 Å². The van der Waals surface area contributed by atoms with Crippen molar-refractivity contribution in [3.05, 3.63) is 68.5 Å². The molecule has 2 amide bonds. The van der Waals surface area contributed by atoms with Gasteiger partial charge in [0.2, 0.25) is 5.91 Å². The molecule has 0 fully saturated rings. The van der Waals surface area contributed by atoms with Crippen LogP contribution in [0.1, 0.15) is 32.8 Å². The van der Waals surface area contributed by atoms with Gasteiger partial charge in [-0.25, -0.2) is 4.79 Å². The number of carbonyl (C=O) groups is 2. The Balaban J connectivity index is 1.41. The molecule has 0 saturated carbocycles. The van der Waals surface area contributed by atoms with E-state index in [1.54, 1.807) is 70.3 Å². The molecule has 1 aromatic heterocycles. The van der Waals surface area contributed by atoms with Gasteiger partial charge in [-0.3, -0.25) is 19.5 Å². The fraction of sp³-hybridized carbons (Fsp3) is 0.296. The molecule has 0 atom stereocenters. The molecular weight excluding hydrogens is 504 g/mol. The van der Waals surface area contributed by atoms with E-state index in [1.807, 2.05) is 0 Å². The van der Waals surface area contributed by atoms with Gasteiger partial charge < -0.3 is 30.7 Å². The van der Waals surface area contributed by atoms with E-state index in [4.69, 9.17) is 4.74 Å². The van der Waals surface area contributed by atoms with Crippen molar-refractivity contribution in [2.24, 2.45) is 0 Å². The second-order valence-electron chi connectivity index (χ2n) is 10.1. The Bertz CT molecular complexity index is 1590. The summed E-state index contributed by atoms with van der Waals surface area (Å²) in [5.41, 5.74) is 0.257. The van der Waals surface area contributed by atoms with Crippen molar-refractivity contribution in [3.63, 3.8) is 0 Å². The monoisotopic (exact) mass is 534 g/mol. The fourth-order valence-electron chi connectivity index (χ4n) is 3.76. The van der Waals surface area contributed by atoms with Gasteiger partial charge in [0.25, 0.3) is 10.9 Å². The number of ether oxygens (including phenoxy) is 1. The maximum Gasteiger partial charge on any atom is 0.410 e. The zero-order chi connectivity index (χ0) is 28.3. The number of benzene rings is 2. The zero-order valence-corrected chi connectivity index (χ0v) is 22.0. The van der Waals surface area contributed by atoms with Crippen molar-refractivity contribution >= 4 is 45.8 Å². The summed E-state index contributed by atoms with van der Waals surface area (Å²) in [6.07, 6.45) is -0.495. The third kappa shape index (κ3) is 6.53. The van der Waals surface area contributed by atoms with Crippen LogP contribution in [0.5, 0.6) is 5.75 Å². The summed E-state index contributed by atoms with van der Waals surface area (Å²) in [5, 5.41) is 25.9. The van der Waals surface area contributed by atoms with Crippen LogP contribution in [-0.2, 0) is 16.1 Å². The van der Waals surface area contributed by atoms with E-state index in [0.717, 1.165) is 5.56 Å². The van der Waals surface area contributed by atoms with E-state index in [2.05, 4.69) is 26.1 Å². The van der Waals surface area contributed by atoms with Crippen LogP contribution in [0.25, 0.3) is 10.9 Å². The summed E-state index contributed by atoms with van der Waals surface area (Å²) >= 11 is 0. The largest absolute Gasteiger partial charge is 0.508 e. The number of hydrogen-bond donors (Lipinski definition) is 5. The average Bonchev–Trinajstić information content (AvgIpc) is 3.27. The Morgan fingerprint density at radius 2 is 1.82 bits per heavy atom. The number of hydrogen-bond acceptors (Lipinski definition) is 9. The smallest absolute Gasteiger partial charge is 0.410 e. The van der Waals surface area contributed by atoms with E-state index in [1.165, 1.54) is 4.90 Å². The highest BCUT2D eigenvalue weighted by Gasteiger charge is 2.22. The standard InChI is InChI=1S/C27H30N6O6/c1-27(2,3)39-26(38)33(4)11-10-20(35)30-25-18-13-16(8-9-19(18)31-32-25)29-22-21(23(36)24(22)37)28-14-15-6-5-7-17(34)12-15/h5-9,12-13,28-29,34H,10-11,14H2,1-4H3,(H2,30,31,32,35). The molecule has 0 unspecified atom stereocenters. The van der Waals surface area contributed by atoms with Crippen molar-refractivity contribution in [1.82, 2.24) is 15.1 Å². The van der Waals surface area contributed by atoms with Gasteiger partial charge >= 0.3 is 6.09 Å². The second-order valence-corrected chi connectivity index (χ2v) is 10.1. The molecule has 0 spiro atoms. The predicted molar refractivity (Wildman–Crippen MR) is 148 cm³/mol. The molecule has 0 aliphatic heterocycles. The predicted octanol–water partition coefficient (Wildman–Crippen LogP) is 3.42. The minimum Gasteiger partial charge on any atom is -0.508 e. The highest BCUT2D eigenvalue weighted by Crippen LogP contribution is 2.28. The van der Waals surface area contributed by atoms with E-state index in [0.29, 0.717) is 16.6 Å². The molecule has 0 aliphatic carbocycles. The lowest BCUT2D eigenvalue weighted by Gasteiger charge is -2.24. The van der Waals surface area contributed by atoms with E-state index in [-0.39, 0.29) is 48.4 Å². The van der Waals surface area contributed by atoms with Crippen molar-refractivity contribution in [3.8, 4) is 5.75 Å². The summed E-state index contributed by atoms with van der Waals surface area (Å²) < 4.78 is 5.29. The summed E-state index contributed by atoms with van der Waals surface area (Å²) in [4.78, 5) is 50.4. The molecule has 12 nitrogen and oxygen atoms in total. The first-order valence-corrected chi connectivity index (χ1v) is 12.3. The molecule has 5 N–H and O–H groups in total. The number of rotatable bonds is 9. The van der Waals surface area contributed by atoms with Crippen LogP contribution in [0, 0.1) is 0 Å². The molecule has 204 valence electrons. The molecule has 3 aromatic carbocycles. The number of anilines is 4. The van der Waals surface area contributed by atoms with Gasteiger partial charge in [-0.05, 0) is 56.7 Å². The first-order chi connectivity index (χ1) is 18.4. The van der Waals surface area contributed by atoms with E-state index < -0.39 is 22.6 Å². The number of nitrogens with zero attached hydrogens (tertiary/aromatic N) is 2. The third-order valence-corrected chi connectivity index (χ3v) is 5.76. The van der Waals surface area contributed by atoms with Gasteiger partial charge in [-0.2, -0.15) is 5.10 Å².